The van der Waals surface area contributed by atoms with Crippen molar-refractivity contribution in [2.24, 2.45) is 0 Å². The molecule has 0 atom stereocenters. The summed E-state index contributed by atoms with van der Waals surface area (Å²) in [6.07, 6.45) is 0. The fourth-order valence-corrected chi connectivity index (χ4v) is 5.63. The van der Waals surface area contributed by atoms with Gasteiger partial charge in [-0.3, -0.25) is 0 Å². The van der Waals surface area contributed by atoms with Crippen LogP contribution in [0.3, 0.4) is 0 Å². The molecule has 0 aliphatic carbocycles. The summed E-state index contributed by atoms with van der Waals surface area (Å²) in [5.74, 6) is 1.43. The standard InChI is InChI=1S/C30H27Cl2N3O2S/c1-19-21(18-37-28-13-12-20(16-26(28)32)17-33-14-15-36)6-4-7-22(19)23-8-5-9-24-29(23)38-35-30(24)34-27-11-3-2-10-25(27)31/h2-13,16,33,36H,14-15,17-18H2,1H3,(H,34,35). The lowest BCUT2D eigenvalue weighted by atomic mass is 9.96. The summed E-state index contributed by atoms with van der Waals surface area (Å²) in [5.41, 5.74) is 6.37. The molecule has 3 N–H and O–H groups in total. The highest BCUT2D eigenvalue weighted by Crippen LogP contribution is 2.39. The summed E-state index contributed by atoms with van der Waals surface area (Å²) >= 11 is 14.3. The minimum absolute atomic E-state index is 0.103. The second-order valence-corrected chi connectivity index (χ2v) is 10.4. The molecule has 194 valence electrons. The Bertz CT molecular complexity index is 1570. The lowest BCUT2D eigenvalue weighted by Gasteiger charge is -2.14. The van der Waals surface area contributed by atoms with Gasteiger partial charge in [0.2, 0.25) is 0 Å². The molecule has 38 heavy (non-hydrogen) atoms. The van der Waals surface area contributed by atoms with Gasteiger partial charge in [0.15, 0.2) is 5.82 Å². The molecule has 0 radical (unpaired) electrons. The highest BCUT2D eigenvalue weighted by molar-refractivity contribution is 7.14. The molecule has 0 spiro atoms. The van der Waals surface area contributed by atoms with Crippen LogP contribution in [0.4, 0.5) is 11.5 Å². The molecular formula is C30H27Cl2N3O2S. The number of hydrogen-bond donors (Lipinski definition) is 3. The Morgan fingerprint density at radius 1 is 0.921 bits per heavy atom. The number of nitrogens with one attached hydrogen (secondary N) is 2. The predicted octanol–water partition coefficient (Wildman–Crippen LogP) is 7.98. The van der Waals surface area contributed by atoms with E-state index in [1.807, 2.05) is 42.5 Å². The Hall–Kier alpha value is -3.13. The zero-order valence-electron chi connectivity index (χ0n) is 20.8. The highest BCUT2D eigenvalue weighted by atomic mass is 35.5. The van der Waals surface area contributed by atoms with Gasteiger partial charge in [-0.15, -0.1) is 0 Å². The lowest BCUT2D eigenvalue weighted by Crippen LogP contribution is -2.17. The van der Waals surface area contributed by atoms with E-state index in [2.05, 4.69) is 54.0 Å². The van der Waals surface area contributed by atoms with Crippen LogP contribution >= 0.6 is 34.7 Å². The van der Waals surface area contributed by atoms with Crippen molar-refractivity contribution >= 4 is 56.3 Å². The molecular weight excluding hydrogens is 537 g/mol. The Kier molecular flexibility index (Phi) is 8.47. The van der Waals surface area contributed by atoms with Crippen LogP contribution in [-0.2, 0) is 13.2 Å². The van der Waals surface area contributed by atoms with Gasteiger partial charge in [0.1, 0.15) is 12.4 Å². The maximum atomic E-state index is 8.93. The van der Waals surface area contributed by atoms with Crippen LogP contribution in [0, 0.1) is 6.92 Å². The molecule has 1 aromatic heterocycles. The van der Waals surface area contributed by atoms with E-state index in [0.29, 0.717) is 35.5 Å². The predicted molar refractivity (Wildman–Crippen MR) is 159 cm³/mol. The van der Waals surface area contributed by atoms with E-state index in [1.54, 1.807) is 0 Å². The van der Waals surface area contributed by atoms with E-state index < -0.39 is 0 Å². The molecule has 5 rings (SSSR count). The first-order valence-electron chi connectivity index (χ1n) is 12.3. The third-order valence-corrected chi connectivity index (χ3v) is 7.88. The van der Waals surface area contributed by atoms with Crippen molar-refractivity contribution < 1.29 is 9.84 Å². The van der Waals surface area contributed by atoms with Crippen molar-refractivity contribution in [3.8, 4) is 16.9 Å². The minimum atomic E-state index is 0.103. The van der Waals surface area contributed by atoms with Gasteiger partial charge in [-0.25, -0.2) is 0 Å². The van der Waals surface area contributed by atoms with Gasteiger partial charge in [-0.2, -0.15) is 4.37 Å². The Morgan fingerprint density at radius 2 is 1.74 bits per heavy atom. The van der Waals surface area contributed by atoms with E-state index >= 15 is 0 Å². The zero-order valence-corrected chi connectivity index (χ0v) is 23.1. The van der Waals surface area contributed by atoms with Crippen molar-refractivity contribution in [2.75, 3.05) is 18.5 Å². The average molecular weight is 565 g/mol. The largest absolute Gasteiger partial charge is 0.487 e. The molecule has 0 saturated heterocycles. The summed E-state index contributed by atoms with van der Waals surface area (Å²) in [7, 11) is 0. The van der Waals surface area contributed by atoms with E-state index in [9.17, 15) is 0 Å². The monoisotopic (exact) mass is 563 g/mol. The number of aromatic nitrogens is 1. The van der Waals surface area contributed by atoms with Crippen LogP contribution in [0.1, 0.15) is 16.7 Å². The molecule has 0 amide bonds. The topological polar surface area (TPSA) is 66.4 Å². The second kappa shape index (κ2) is 12.2. The number of para-hydroxylation sites is 1. The van der Waals surface area contributed by atoms with Crippen LogP contribution < -0.4 is 15.4 Å². The first-order chi connectivity index (χ1) is 18.5. The summed E-state index contributed by atoms with van der Waals surface area (Å²) in [5, 5.41) is 17.7. The van der Waals surface area contributed by atoms with Gasteiger partial charge < -0.3 is 20.5 Å². The van der Waals surface area contributed by atoms with E-state index in [0.717, 1.165) is 49.4 Å². The van der Waals surface area contributed by atoms with Gasteiger partial charge >= 0.3 is 0 Å². The third-order valence-electron chi connectivity index (χ3n) is 6.36. The van der Waals surface area contributed by atoms with Crippen LogP contribution in [0.2, 0.25) is 10.0 Å². The summed E-state index contributed by atoms with van der Waals surface area (Å²) in [6, 6.07) is 26.0. The molecule has 0 fully saturated rings. The SMILES string of the molecule is Cc1c(COc2ccc(CNCCO)cc2Cl)cccc1-c1cccc2c(Nc3ccccc3Cl)nsc12. The molecule has 0 unspecified atom stereocenters. The van der Waals surface area contributed by atoms with Gasteiger partial charge in [-0.1, -0.05) is 71.7 Å². The number of nitrogens with zero attached hydrogens (tertiary/aromatic N) is 1. The molecule has 0 bridgehead atoms. The number of aliphatic hydroxyl groups is 1. The molecule has 1 heterocycles. The zero-order chi connectivity index (χ0) is 26.5. The molecule has 8 heteroatoms. The maximum absolute atomic E-state index is 8.93. The van der Waals surface area contributed by atoms with Crippen LogP contribution in [0.5, 0.6) is 5.75 Å². The number of hydrogen-bond acceptors (Lipinski definition) is 6. The second-order valence-electron chi connectivity index (χ2n) is 8.86. The average Bonchev–Trinajstić information content (AvgIpc) is 3.33. The number of halogens is 2. The lowest BCUT2D eigenvalue weighted by molar-refractivity contribution is 0.292. The highest BCUT2D eigenvalue weighted by Gasteiger charge is 2.15. The summed E-state index contributed by atoms with van der Waals surface area (Å²) in [4.78, 5) is 0. The van der Waals surface area contributed by atoms with Crippen molar-refractivity contribution in [3.05, 3.63) is 106 Å². The van der Waals surface area contributed by atoms with Crippen molar-refractivity contribution in [1.29, 1.82) is 0 Å². The number of aliphatic hydroxyl groups excluding tert-OH is 1. The van der Waals surface area contributed by atoms with E-state index in [-0.39, 0.29) is 6.61 Å². The van der Waals surface area contributed by atoms with Crippen molar-refractivity contribution in [1.82, 2.24) is 9.69 Å². The van der Waals surface area contributed by atoms with Crippen molar-refractivity contribution in [2.45, 2.75) is 20.1 Å². The first kappa shape index (κ1) is 26.5. The molecule has 0 saturated carbocycles. The third kappa shape index (κ3) is 5.80. The number of benzene rings is 4. The Morgan fingerprint density at radius 3 is 2.55 bits per heavy atom. The summed E-state index contributed by atoms with van der Waals surface area (Å²) in [6.45, 7) is 3.81. The maximum Gasteiger partial charge on any atom is 0.152 e. The quantitative estimate of drug-likeness (QED) is 0.150. The molecule has 0 aliphatic rings. The summed E-state index contributed by atoms with van der Waals surface area (Å²) < 4.78 is 11.9. The number of fused-ring (bicyclic) bond motifs is 1. The van der Waals surface area contributed by atoms with Gasteiger partial charge in [-0.05, 0) is 71.0 Å². The number of ether oxygens (including phenoxy) is 1. The van der Waals surface area contributed by atoms with E-state index in [4.69, 9.17) is 37.4 Å². The van der Waals surface area contributed by atoms with Gasteiger partial charge in [0.25, 0.3) is 0 Å². The smallest absolute Gasteiger partial charge is 0.152 e. The minimum Gasteiger partial charge on any atom is -0.487 e. The fourth-order valence-electron chi connectivity index (χ4n) is 4.32. The molecule has 4 aromatic carbocycles. The number of rotatable bonds is 10. The van der Waals surface area contributed by atoms with Gasteiger partial charge in [0.05, 0.1) is 27.0 Å². The van der Waals surface area contributed by atoms with Crippen LogP contribution in [0.15, 0.2) is 78.9 Å². The Balaban J connectivity index is 1.37. The Labute approximate surface area is 236 Å². The van der Waals surface area contributed by atoms with Crippen molar-refractivity contribution in [3.63, 3.8) is 0 Å². The molecule has 0 aliphatic heterocycles. The van der Waals surface area contributed by atoms with Crippen LogP contribution in [0.25, 0.3) is 21.2 Å². The number of anilines is 2. The van der Waals surface area contributed by atoms with Gasteiger partial charge in [0, 0.05) is 24.0 Å². The normalized spacial score (nSPS) is 11.2. The molecule has 5 nitrogen and oxygen atoms in total. The molecule has 5 aromatic rings. The fraction of sp³-hybridized carbons (Fsp3) is 0.167. The first-order valence-corrected chi connectivity index (χ1v) is 13.8. The van der Waals surface area contributed by atoms with E-state index in [1.165, 1.54) is 11.5 Å². The van der Waals surface area contributed by atoms with Crippen LogP contribution in [-0.4, -0.2) is 22.6 Å².